The SMILES string of the molecule is O=C1[C@H](SCc2nnnn2C2CC2)CCN1c1ccc(Cl)cc1. The number of rotatable bonds is 5. The van der Waals surface area contributed by atoms with Crippen LogP contribution in [-0.2, 0) is 10.5 Å². The van der Waals surface area contributed by atoms with Gasteiger partial charge in [-0.25, -0.2) is 4.68 Å². The average molecular weight is 350 g/mol. The van der Waals surface area contributed by atoms with Crippen LogP contribution >= 0.6 is 23.4 Å². The second-order valence-corrected chi connectivity index (χ2v) is 7.45. The summed E-state index contributed by atoms with van der Waals surface area (Å²) < 4.78 is 1.91. The first kappa shape index (κ1) is 15.0. The van der Waals surface area contributed by atoms with Crippen LogP contribution in [0.1, 0.15) is 31.1 Å². The predicted molar refractivity (Wildman–Crippen MR) is 89.6 cm³/mol. The summed E-state index contributed by atoms with van der Waals surface area (Å²) in [6.07, 6.45) is 3.14. The molecule has 2 fully saturated rings. The molecule has 0 unspecified atom stereocenters. The number of hydrogen-bond acceptors (Lipinski definition) is 5. The summed E-state index contributed by atoms with van der Waals surface area (Å²) in [7, 11) is 0. The average Bonchev–Trinajstić information content (AvgIpc) is 3.18. The fraction of sp³-hybridized carbons (Fsp3) is 0.467. The third-order valence-corrected chi connectivity index (χ3v) is 5.68. The second kappa shape index (κ2) is 6.13. The number of amides is 1. The third kappa shape index (κ3) is 3.07. The molecule has 8 heteroatoms. The summed E-state index contributed by atoms with van der Waals surface area (Å²) in [6.45, 7) is 0.742. The van der Waals surface area contributed by atoms with Crippen molar-refractivity contribution in [1.82, 2.24) is 20.2 Å². The smallest absolute Gasteiger partial charge is 0.240 e. The Hall–Kier alpha value is -1.60. The van der Waals surface area contributed by atoms with E-state index in [1.165, 1.54) is 0 Å². The molecule has 23 heavy (non-hydrogen) atoms. The van der Waals surface area contributed by atoms with E-state index in [0.717, 1.165) is 37.3 Å². The van der Waals surface area contributed by atoms with Crippen molar-refractivity contribution in [3.05, 3.63) is 35.1 Å². The van der Waals surface area contributed by atoms with E-state index in [9.17, 15) is 4.79 Å². The first-order valence-corrected chi connectivity index (χ1v) is 9.10. The minimum absolute atomic E-state index is 0.0324. The summed E-state index contributed by atoms with van der Waals surface area (Å²) in [4.78, 5) is 14.4. The first-order chi connectivity index (χ1) is 11.2. The number of halogens is 1. The van der Waals surface area contributed by atoms with Gasteiger partial charge in [-0.2, -0.15) is 0 Å². The molecule has 1 saturated heterocycles. The molecule has 120 valence electrons. The second-order valence-electron chi connectivity index (χ2n) is 5.83. The summed E-state index contributed by atoms with van der Waals surface area (Å²) >= 11 is 7.54. The van der Waals surface area contributed by atoms with Gasteiger partial charge < -0.3 is 4.90 Å². The summed E-state index contributed by atoms with van der Waals surface area (Å²) in [5.41, 5.74) is 0.908. The summed E-state index contributed by atoms with van der Waals surface area (Å²) in [6, 6.07) is 7.87. The molecule has 1 saturated carbocycles. The van der Waals surface area contributed by atoms with Gasteiger partial charge in [0.05, 0.1) is 17.0 Å². The maximum absolute atomic E-state index is 12.6. The number of anilines is 1. The third-order valence-electron chi connectivity index (χ3n) is 4.16. The van der Waals surface area contributed by atoms with Gasteiger partial charge in [0.25, 0.3) is 0 Å². The van der Waals surface area contributed by atoms with E-state index in [1.807, 2.05) is 33.8 Å². The molecule has 1 aliphatic carbocycles. The topological polar surface area (TPSA) is 63.9 Å². The molecule has 1 aliphatic heterocycles. The molecule has 1 aromatic carbocycles. The molecule has 0 radical (unpaired) electrons. The number of thioether (sulfide) groups is 1. The maximum atomic E-state index is 12.6. The lowest BCUT2D eigenvalue weighted by Crippen LogP contribution is -2.28. The van der Waals surface area contributed by atoms with Crippen molar-refractivity contribution in [3.8, 4) is 0 Å². The Balaban J connectivity index is 1.39. The normalized spacial score (nSPS) is 21.2. The van der Waals surface area contributed by atoms with Crippen molar-refractivity contribution in [3.63, 3.8) is 0 Å². The van der Waals surface area contributed by atoms with Crippen LogP contribution in [0, 0.1) is 0 Å². The lowest BCUT2D eigenvalue weighted by molar-refractivity contribution is -0.116. The Morgan fingerprint density at radius 1 is 1.22 bits per heavy atom. The van der Waals surface area contributed by atoms with E-state index >= 15 is 0 Å². The van der Waals surface area contributed by atoms with Crippen molar-refractivity contribution < 1.29 is 4.79 Å². The molecule has 0 N–H and O–H groups in total. The van der Waals surface area contributed by atoms with Crippen molar-refractivity contribution in [2.45, 2.75) is 36.3 Å². The monoisotopic (exact) mass is 349 g/mol. The van der Waals surface area contributed by atoms with Gasteiger partial charge in [-0.05, 0) is 54.0 Å². The largest absolute Gasteiger partial charge is 0.311 e. The fourth-order valence-electron chi connectivity index (χ4n) is 2.77. The number of aromatic nitrogens is 4. The highest BCUT2D eigenvalue weighted by molar-refractivity contribution is 7.99. The van der Waals surface area contributed by atoms with E-state index in [0.29, 0.717) is 16.8 Å². The number of carbonyl (C=O) groups excluding carboxylic acids is 1. The lowest BCUT2D eigenvalue weighted by atomic mass is 10.3. The van der Waals surface area contributed by atoms with E-state index in [2.05, 4.69) is 15.5 Å². The Bertz CT molecular complexity index is 715. The van der Waals surface area contributed by atoms with Crippen molar-refractivity contribution in [2.75, 3.05) is 11.4 Å². The molecule has 1 amide bonds. The van der Waals surface area contributed by atoms with E-state index in [4.69, 9.17) is 11.6 Å². The Kier molecular flexibility index (Phi) is 3.98. The lowest BCUT2D eigenvalue weighted by Gasteiger charge is -2.16. The Morgan fingerprint density at radius 3 is 2.74 bits per heavy atom. The first-order valence-electron chi connectivity index (χ1n) is 7.67. The number of carbonyl (C=O) groups is 1. The minimum atomic E-state index is -0.0324. The Morgan fingerprint density at radius 2 is 2.00 bits per heavy atom. The van der Waals surface area contributed by atoms with E-state index in [-0.39, 0.29) is 11.2 Å². The van der Waals surface area contributed by atoms with Gasteiger partial charge in [0, 0.05) is 17.3 Å². The molecular weight excluding hydrogens is 334 g/mol. The van der Waals surface area contributed by atoms with Crippen LogP contribution in [0.15, 0.2) is 24.3 Å². The van der Waals surface area contributed by atoms with E-state index < -0.39 is 0 Å². The molecule has 2 aliphatic rings. The molecule has 1 atom stereocenters. The van der Waals surface area contributed by atoms with Crippen molar-refractivity contribution >= 4 is 35.0 Å². The Labute approximate surface area is 143 Å². The summed E-state index contributed by atoms with van der Waals surface area (Å²) in [5, 5.41) is 12.5. The molecule has 0 spiro atoms. The molecular formula is C15H16ClN5OS. The van der Waals surface area contributed by atoms with Crippen LogP contribution in [0.4, 0.5) is 5.69 Å². The number of nitrogens with zero attached hydrogens (tertiary/aromatic N) is 5. The molecule has 6 nitrogen and oxygen atoms in total. The number of hydrogen-bond donors (Lipinski definition) is 0. The molecule has 2 aromatic rings. The van der Waals surface area contributed by atoms with Gasteiger partial charge in [-0.3, -0.25) is 4.79 Å². The molecule has 0 bridgehead atoms. The minimum Gasteiger partial charge on any atom is -0.311 e. The predicted octanol–water partition coefficient (Wildman–Crippen LogP) is 2.70. The van der Waals surface area contributed by atoms with Crippen LogP contribution < -0.4 is 4.90 Å². The zero-order chi connectivity index (χ0) is 15.8. The van der Waals surface area contributed by atoms with E-state index in [1.54, 1.807) is 11.8 Å². The number of benzene rings is 1. The van der Waals surface area contributed by atoms with Crippen LogP contribution in [-0.4, -0.2) is 37.9 Å². The van der Waals surface area contributed by atoms with Crippen LogP contribution in [0.3, 0.4) is 0 Å². The summed E-state index contributed by atoms with van der Waals surface area (Å²) in [5.74, 6) is 1.70. The van der Waals surface area contributed by atoms with Crippen LogP contribution in [0.5, 0.6) is 0 Å². The quantitative estimate of drug-likeness (QED) is 0.830. The van der Waals surface area contributed by atoms with Gasteiger partial charge in [0.1, 0.15) is 0 Å². The maximum Gasteiger partial charge on any atom is 0.240 e. The molecule has 1 aromatic heterocycles. The van der Waals surface area contributed by atoms with Crippen LogP contribution in [0.25, 0.3) is 0 Å². The van der Waals surface area contributed by atoms with Crippen LogP contribution in [0.2, 0.25) is 5.02 Å². The van der Waals surface area contributed by atoms with Gasteiger partial charge in [0.2, 0.25) is 5.91 Å². The van der Waals surface area contributed by atoms with Gasteiger partial charge >= 0.3 is 0 Å². The standard InChI is InChI=1S/C15H16ClN5OS/c16-10-1-3-11(4-2-10)20-8-7-13(15(20)22)23-9-14-17-18-19-21(14)12-5-6-12/h1-4,12-13H,5-9H2/t13-/m1/s1. The number of tetrazole rings is 1. The highest BCUT2D eigenvalue weighted by Gasteiger charge is 2.34. The zero-order valence-corrected chi connectivity index (χ0v) is 14.0. The van der Waals surface area contributed by atoms with Gasteiger partial charge in [0.15, 0.2) is 5.82 Å². The highest BCUT2D eigenvalue weighted by Crippen LogP contribution is 2.36. The van der Waals surface area contributed by atoms with Gasteiger partial charge in [-0.1, -0.05) is 11.6 Å². The highest BCUT2D eigenvalue weighted by atomic mass is 35.5. The zero-order valence-electron chi connectivity index (χ0n) is 12.4. The van der Waals surface area contributed by atoms with Crippen molar-refractivity contribution in [1.29, 1.82) is 0 Å². The van der Waals surface area contributed by atoms with Crippen molar-refractivity contribution in [2.24, 2.45) is 0 Å². The van der Waals surface area contributed by atoms with Gasteiger partial charge in [-0.15, -0.1) is 16.9 Å². The fourth-order valence-corrected chi connectivity index (χ4v) is 3.98. The molecule has 2 heterocycles. The molecule has 4 rings (SSSR count).